The summed E-state index contributed by atoms with van der Waals surface area (Å²) in [5, 5.41) is 26.8. The van der Waals surface area contributed by atoms with Gasteiger partial charge in [-0.3, -0.25) is 25.7 Å². The van der Waals surface area contributed by atoms with Gasteiger partial charge in [0.15, 0.2) is 0 Å². The molecule has 34 heavy (non-hydrogen) atoms. The number of hydrogen-bond donors (Lipinski definition) is 1. The van der Waals surface area contributed by atoms with E-state index in [-0.39, 0.29) is 17.1 Å². The summed E-state index contributed by atoms with van der Waals surface area (Å²) in [4.78, 5) is 21.1. The van der Waals surface area contributed by atoms with Crippen molar-refractivity contribution in [3.8, 4) is 0 Å². The minimum atomic E-state index is -0.632. The normalized spacial score (nSPS) is 35.6. The van der Waals surface area contributed by atoms with Crippen molar-refractivity contribution in [1.82, 2.24) is 0 Å². The molecular formula is C26H34N4O4. The molecule has 8 heteroatoms. The van der Waals surface area contributed by atoms with Crippen molar-refractivity contribution >= 4 is 22.8 Å². The summed E-state index contributed by atoms with van der Waals surface area (Å²) in [6.45, 7) is 4.95. The van der Waals surface area contributed by atoms with E-state index in [4.69, 9.17) is 0 Å². The zero-order valence-electron chi connectivity index (χ0n) is 20.0. The lowest BCUT2D eigenvalue weighted by atomic mass is 9.51. The van der Waals surface area contributed by atoms with Gasteiger partial charge in [-0.2, -0.15) is 5.10 Å². The van der Waals surface area contributed by atoms with Crippen LogP contribution in [-0.2, 0) is 0 Å². The van der Waals surface area contributed by atoms with Gasteiger partial charge in [-0.15, -0.1) is 0 Å². The molecule has 0 saturated heterocycles. The lowest BCUT2D eigenvalue weighted by Gasteiger charge is -2.54. The van der Waals surface area contributed by atoms with Crippen molar-refractivity contribution in [3.05, 3.63) is 50.1 Å². The molecule has 3 fully saturated rings. The molecule has 6 atom stereocenters. The molecular weight excluding hydrogens is 432 g/mol. The Kier molecular flexibility index (Phi) is 5.94. The molecule has 1 aromatic carbocycles. The third-order valence-corrected chi connectivity index (χ3v) is 9.71. The number of fused-ring (bicyclic) bond motifs is 5. The molecule has 0 heterocycles. The van der Waals surface area contributed by atoms with Crippen LogP contribution >= 0.6 is 0 Å². The van der Waals surface area contributed by atoms with E-state index in [9.17, 15) is 20.2 Å². The molecule has 4 aliphatic carbocycles. The van der Waals surface area contributed by atoms with Gasteiger partial charge in [-0.05, 0) is 98.5 Å². The van der Waals surface area contributed by atoms with Crippen molar-refractivity contribution in [1.29, 1.82) is 0 Å². The Morgan fingerprint density at radius 1 is 1.06 bits per heavy atom. The number of allylic oxidation sites excluding steroid dienone is 2. The second-order valence-electron chi connectivity index (χ2n) is 11.0. The molecule has 3 saturated carbocycles. The Morgan fingerprint density at radius 2 is 1.88 bits per heavy atom. The second kappa shape index (κ2) is 8.78. The highest BCUT2D eigenvalue weighted by atomic mass is 16.6. The molecule has 1 aromatic rings. The average molecular weight is 467 g/mol. The van der Waals surface area contributed by atoms with Crippen LogP contribution in [0.3, 0.4) is 0 Å². The van der Waals surface area contributed by atoms with E-state index in [1.807, 2.05) is 0 Å². The first-order chi connectivity index (χ1) is 16.3. The maximum atomic E-state index is 11.4. The maximum absolute atomic E-state index is 11.4. The summed E-state index contributed by atoms with van der Waals surface area (Å²) in [5.41, 5.74) is 5.29. The van der Waals surface area contributed by atoms with Crippen LogP contribution in [0, 0.1) is 55.2 Å². The summed E-state index contributed by atoms with van der Waals surface area (Å²) in [7, 11) is 0. The fourth-order valence-corrected chi connectivity index (χ4v) is 8.07. The minimum absolute atomic E-state index is 0.172. The third kappa shape index (κ3) is 3.81. The van der Waals surface area contributed by atoms with Gasteiger partial charge in [0, 0.05) is 6.07 Å². The van der Waals surface area contributed by atoms with Crippen molar-refractivity contribution in [2.24, 2.45) is 40.1 Å². The predicted octanol–water partition coefficient (Wildman–Crippen LogP) is 6.87. The Hall–Kier alpha value is -2.77. The van der Waals surface area contributed by atoms with E-state index in [0.717, 1.165) is 54.7 Å². The van der Waals surface area contributed by atoms with Crippen molar-refractivity contribution in [3.63, 3.8) is 0 Å². The van der Waals surface area contributed by atoms with Crippen molar-refractivity contribution in [2.75, 3.05) is 5.43 Å². The summed E-state index contributed by atoms with van der Waals surface area (Å²) in [5.74, 6) is 4.08. The summed E-state index contributed by atoms with van der Waals surface area (Å²) < 4.78 is 0. The van der Waals surface area contributed by atoms with E-state index in [1.54, 1.807) is 0 Å². The van der Waals surface area contributed by atoms with Crippen molar-refractivity contribution in [2.45, 2.75) is 71.6 Å². The number of anilines is 1. The number of nitrogens with zero attached hydrogens (tertiary/aromatic N) is 3. The molecule has 0 amide bonds. The molecule has 6 unspecified atom stereocenters. The number of hydrazone groups is 1. The monoisotopic (exact) mass is 466 g/mol. The van der Waals surface area contributed by atoms with Gasteiger partial charge in [-0.1, -0.05) is 25.8 Å². The second-order valence-corrected chi connectivity index (χ2v) is 11.0. The van der Waals surface area contributed by atoms with E-state index in [0.29, 0.717) is 11.3 Å². The maximum Gasteiger partial charge on any atom is 0.301 e. The van der Waals surface area contributed by atoms with E-state index < -0.39 is 9.85 Å². The molecule has 0 aromatic heterocycles. The Balaban J connectivity index is 1.32. The Labute approximate surface area is 200 Å². The average Bonchev–Trinajstić information content (AvgIpc) is 3.18. The Bertz CT molecular complexity index is 1070. The highest BCUT2D eigenvalue weighted by Gasteiger charge is 2.55. The first-order valence-corrected chi connectivity index (χ1v) is 12.8. The first kappa shape index (κ1) is 23.0. The standard InChI is InChI=1S/C26H34N4O4/c1-3-17-5-10-23-22-8-4-16-14-18(6-9-20(16)21(22)12-13-26(17,23)2)27-28-24-11-7-19(29(31)32)15-25(24)30(33)34/h7,11,14-15,17,20-23,28H,3-6,8-10,12-13H2,1-2H3/b27-18-. The topological polar surface area (TPSA) is 111 Å². The van der Waals surface area contributed by atoms with E-state index in [1.165, 1.54) is 56.2 Å². The number of nitrogens with one attached hydrogen (secondary N) is 1. The Morgan fingerprint density at radius 3 is 2.62 bits per heavy atom. The van der Waals surface area contributed by atoms with Crippen LogP contribution in [0.5, 0.6) is 0 Å². The van der Waals surface area contributed by atoms with Crippen LogP contribution in [0.4, 0.5) is 17.1 Å². The number of benzene rings is 1. The SMILES string of the molecule is CCC1CCC2C3CCC4=C/C(=N\Nc5ccc([N+](=O)[O-])cc5[N+](=O)[O-])CCC4C3CCC12C. The molecule has 8 nitrogen and oxygen atoms in total. The van der Waals surface area contributed by atoms with Crippen LogP contribution in [-0.4, -0.2) is 15.6 Å². The highest BCUT2D eigenvalue weighted by Crippen LogP contribution is 2.64. The summed E-state index contributed by atoms with van der Waals surface area (Å²) in [6, 6.07) is 3.59. The van der Waals surface area contributed by atoms with Crippen LogP contribution in [0.15, 0.2) is 34.9 Å². The van der Waals surface area contributed by atoms with Crippen LogP contribution in [0.25, 0.3) is 0 Å². The van der Waals surface area contributed by atoms with Crippen LogP contribution in [0.1, 0.15) is 71.6 Å². The molecule has 0 aliphatic heterocycles. The predicted molar refractivity (Wildman–Crippen MR) is 132 cm³/mol. The molecule has 4 aliphatic rings. The van der Waals surface area contributed by atoms with Gasteiger partial charge in [-0.25, -0.2) is 0 Å². The fraction of sp³-hybridized carbons (Fsp3) is 0.654. The highest BCUT2D eigenvalue weighted by molar-refractivity contribution is 5.97. The van der Waals surface area contributed by atoms with Gasteiger partial charge >= 0.3 is 5.69 Å². The summed E-state index contributed by atoms with van der Waals surface area (Å²) in [6.07, 6.45) is 13.4. The minimum Gasteiger partial charge on any atom is -0.271 e. The summed E-state index contributed by atoms with van der Waals surface area (Å²) >= 11 is 0. The molecule has 0 spiro atoms. The smallest absolute Gasteiger partial charge is 0.271 e. The number of hydrogen-bond acceptors (Lipinski definition) is 6. The molecule has 182 valence electrons. The van der Waals surface area contributed by atoms with Crippen molar-refractivity contribution < 1.29 is 9.85 Å². The lowest BCUT2D eigenvalue weighted by Crippen LogP contribution is -2.46. The fourth-order valence-electron chi connectivity index (χ4n) is 8.07. The first-order valence-electron chi connectivity index (χ1n) is 12.8. The molecule has 1 N–H and O–H groups in total. The quantitative estimate of drug-likeness (QED) is 0.376. The van der Waals surface area contributed by atoms with E-state index >= 15 is 0 Å². The number of nitro benzene ring substituents is 2. The zero-order chi connectivity index (χ0) is 24.0. The van der Waals surface area contributed by atoms with E-state index in [2.05, 4.69) is 30.5 Å². The lowest BCUT2D eigenvalue weighted by molar-refractivity contribution is -0.393. The van der Waals surface area contributed by atoms with Gasteiger partial charge in [0.2, 0.25) is 0 Å². The number of nitro groups is 2. The van der Waals surface area contributed by atoms with Crippen LogP contribution in [0.2, 0.25) is 0 Å². The van der Waals surface area contributed by atoms with Gasteiger partial charge < -0.3 is 0 Å². The zero-order valence-corrected chi connectivity index (χ0v) is 20.0. The van der Waals surface area contributed by atoms with Gasteiger partial charge in [0.05, 0.1) is 21.6 Å². The molecule has 5 rings (SSSR count). The van der Waals surface area contributed by atoms with Gasteiger partial charge in [0.1, 0.15) is 5.69 Å². The van der Waals surface area contributed by atoms with Gasteiger partial charge in [0.25, 0.3) is 5.69 Å². The largest absolute Gasteiger partial charge is 0.301 e. The molecule has 0 radical (unpaired) electrons. The van der Waals surface area contributed by atoms with Crippen LogP contribution < -0.4 is 5.43 Å². The molecule has 0 bridgehead atoms. The third-order valence-electron chi connectivity index (χ3n) is 9.71. The number of rotatable bonds is 5. The number of non-ortho nitro benzene ring substituents is 1.